The monoisotopic (exact) mass is 409 g/mol. The molecule has 0 aliphatic heterocycles. The lowest BCUT2D eigenvalue weighted by Gasteiger charge is -2.12. The summed E-state index contributed by atoms with van der Waals surface area (Å²) in [6.07, 6.45) is 0. The van der Waals surface area contributed by atoms with Crippen LogP contribution in [0.4, 0.5) is 10.1 Å². The number of hydrogen-bond acceptors (Lipinski definition) is 4. The molecule has 6 nitrogen and oxygen atoms in total. The van der Waals surface area contributed by atoms with Crippen molar-refractivity contribution in [2.45, 2.75) is 13.5 Å². The molecule has 0 aliphatic rings. The number of amides is 1. The SMILES string of the molecule is Cc1cc2c(=O)n(-c3ccccc3)c(=O)n(CC(=O)Nc3ccc(F)cc3)c2s1. The Morgan fingerprint density at radius 2 is 1.76 bits per heavy atom. The van der Waals surface area contributed by atoms with Gasteiger partial charge in [0.05, 0.1) is 11.1 Å². The minimum absolute atomic E-state index is 0.278. The van der Waals surface area contributed by atoms with Crippen LogP contribution in [0.3, 0.4) is 0 Å². The fourth-order valence-electron chi connectivity index (χ4n) is 3.09. The van der Waals surface area contributed by atoms with Gasteiger partial charge in [0.2, 0.25) is 5.91 Å². The van der Waals surface area contributed by atoms with Gasteiger partial charge < -0.3 is 5.32 Å². The molecule has 8 heteroatoms. The molecule has 0 bridgehead atoms. The molecular weight excluding hydrogens is 393 g/mol. The van der Waals surface area contributed by atoms with Crippen LogP contribution in [0.25, 0.3) is 15.9 Å². The number of aryl methyl sites for hydroxylation is 1. The van der Waals surface area contributed by atoms with Gasteiger partial charge in [-0.25, -0.2) is 13.8 Å². The predicted octanol–water partition coefficient (Wildman–Crippen LogP) is 3.30. The minimum Gasteiger partial charge on any atom is -0.325 e. The fraction of sp³-hybridized carbons (Fsp3) is 0.0952. The van der Waals surface area contributed by atoms with Gasteiger partial charge in [0.15, 0.2) is 0 Å². The third-order valence-corrected chi connectivity index (χ3v) is 5.45. The highest BCUT2D eigenvalue weighted by Gasteiger charge is 2.18. The summed E-state index contributed by atoms with van der Waals surface area (Å²) in [6, 6.07) is 15.6. The van der Waals surface area contributed by atoms with E-state index in [1.54, 1.807) is 36.4 Å². The van der Waals surface area contributed by atoms with Gasteiger partial charge in [-0.1, -0.05) is 18.2 Å². The number of carbonyl (C=O) groups excluding carboxylic acids is 1. The molecule has 4 rings (SSSR count). The van der Waals surface area contributed by atoms with E-state index >= 15 is 0 Å². The lowest BCUT2D eigenvalue weighted by atomic mass is 10.3. The summed E-state index contributed by atoms with van der Waals surface area (Å²) in [5.74, 6) is -0.866. The molecule has 146 valence electrons. The van der Waals surface area contributed by atoms with Crippen molar-refractivity contribution in [3.05, 3.63) is 92.2 Å². The highest BCUT2D eigenvalue weighted by molar-refractivity contribution is 7.18. The van der Waals surface area contributed by atoms with Crippen molar-refractivity contribution in [2.75, 3.05) is 5.32 Å². The van der Waals surface area contributed by atoms with E-state index in [1.807, 2.05) is 6.92 Å². The summed E-state index contributed by atoms with van der Waals surface area (Å²) >= 11 is 1.28. The first-order valence-corrected chi connectivity index (χ1v) is 9.62. The van der Waals surface area contributed by atoms with Gasteiger partial charge in [-0.15, -0.1) is 11.3 Å². The molecule has 1 amide bonds. The summed E-state index contributed by atoms with van der Waals surface area (Å²) < 4.78 is 15.4. The van der Waals surface area contributed by atoms with Crippen LogP contribution in [0.1, 0.15) is 4.88 Å². The third kappa shape index (κ3) is 3.62. The fourth-order valence-corrected chi connectivity index (χ4v) is 4.08. The van der Waals surface area contributed by atoms with Crippen LogP contribution in [0.5, 0.6) is 0 Å². The molecule has 0 atom stereocenters. The molecule has 0 spiro atoms. The number of hydrogen-bond donors (Lipinski definition) is 1. The van der Waals surface area contributed by atoms with Gasteiger partial charge in [-0.3, -0.25) is 14.2 Å². The second-order valence-electron chi connectivity index (χ2n) is 6.48. The Balaban J connectivity index is 1.81. The number of fused-ring (bicyclic) bond motifs is 1. The summed E-state index contributed by atoms with van der Waals surface area (Å²) in [7, 11) is 0. The van der Waals surface area contributed by atoms with Crippen LogP contribution < -0.4 is 16.6 Å². The first kappa shape index (κ1) is 18.8. The second kappa shape index (κ2) is 7.48. The molecule has 0 aliphatic carbocycles. The molecule has 2 heterocycles. The van der Waals surface area contributed by atoms with Crippen molar-refractivity contribution < 1.29 is 9.18 Å². The Morgan fingerprint density at radius 3 is 2.45 bits per heavy atom. The van der Waals surface area contributed by atoms with Crippen molar-refractivity contribution in [1.29, 1.82) is 0 Å². The molecule has 29 heavy (non-hydrogen) atoms. The summed E-state index contributed by atoms with van der Waals surface area (Å²) in [5, 5.41) is 3.02. The number of thiophene rings is 1. The average Bonchev–Trinajstić information content (AvgIpc) is 3.10. The number of halogens is 1. The number of benzene rings is 2. The zero-order valence-corrected chi connectivity index (χ0v) is 16.2. The maximum absolute atomic E-state index is 13.1. The average molecular weight is 409 g/mol. The summed E-state index contributed by atoms with van der Waals surface area (Å²) in [4.78, 5) is 39.9. The zero-order chi connectivity index (χ0) is 20.5. The standard InChI is InChI=1S/C21H16FN3O3S/c1-13-11-17-19(27)25(16-5-3-2-4-6-16)21(28)24(20(17)29-13)12-18(26)23-15-9-7-14(22)8-10-15/h2-11H,12H2,1H3,(H,23,26). The second-order valence-corrected chi connectivity index (χ2v) is 7.71. The smallest absolute Gasteiger partial charge is 0.325 e. The maximum Gasteiger partial charge on any atom is 0.337 e. The van der Waals surface area contributed by atoms with E-state index in [0.29, 0.717) is 21.6 Å². The molecule has 4 aromatic rings. The van der Waals surface area contributed by atoms with Gasteiger partial charge >= 0.3 is 5.69 Å². The Morgan fingerprint density at radius 1 is 1.07 bits per heavy atom. The van der Waals surface area contributed by atoms with Gasteiger partial charge in [0.1, 0.15) is 17.2 Å². The topological polar surface area (TPSA) is 73.1 Å². The Labute approximate surface area is 168 Å². The zero-order valence-electron chi connectivity index (χ0n) is 15.4. The molecule has 0 unspecified atom stereocenters. The molecule has 0 fully saturated rings. The van der Waals surface area contributed by atoms with E-state index < -0.39 is 23.0 Å². The van der Waals surface area contributed by atoms with Crippen LogP contribution in [0.2, 0.25) is 0 Å². The Bertz CT molecular complexity index is 1320. The number of anilines is 1. The van der Waals surface area contributed by atoms with Crippen LogP contribution >= 0.6 is 11.3 Å². The van der Waals surface area contributed by atoms with Gasteiger partial charge in [0.25, 0.3) is 5.56 Å². The Hall–Kier alpha value is -3.52. The summed E-state index contributed by atoms with van der Waals surface area (Å²) in [6.45, 7) is 1.56. The first-order chi connectivity index (χ1) is 13.9. The van der Waals surface area contributed by atoms with Gasteiger partial charge in [-0.2, -0.15) is 0 Å². The lowest BCUT2D eigenvalue weighted by Crippen LogP contribution is -2.40. The molecule has 0 saturated heterocycles. The van der Waals surface area contributed by atoms with Crippen molar-refractivity contribution in [3.8, 4) is 5.69 Å². The Kier molecular flexibility index (Phi) is 4.85. The number of aromatic nitrogens is 2. The maximum atomic E-state index is 13.1. The molecule has 1 N–H and O–H groups in total. The third-order valence-electron chi connectivity index (χ3n) is 4.38. The van der Waals surface area contributed by atoms with E-state index in [0.717, 1.165) is 9.44 Å². The highest BCUT2D eigenvalue weighted by Crippen LogP contribution is 2.22. The summed E-state index contributed by atoms with van der Waals surface area (Å²) in [5.41, 5.74) is -0.166. The van der Waals surface area contributed by atoms with E-state index in [-0.39, 0.29) is 6.54 Å². The number of rotatable bonds is 4. The van der Waals surface area contributed by atoms with Crippen molar-refractivity contribution >= 4 is 33.1 Å². The highest BCUT2D eigenvalue weighted by atomic mass is 32.1. The normalized spacial score (nSPS) is 11.0. The molecule has 0 radical (unpaired) electrons. The molecule has 0 saturated carbocycles. The number of para-hydroxylation sites is 1. The van der Waals surface area contributed by atoms with Crippen molar-refractivity contribution in [2.24, 2.45) is 0 Å². The lowest BCUT2D eigenvalue weighted by molar-refractivity contribution is -0.116. The predicted molar refractivity (Wildman–Crippen MR) is 111 cm³/mol. The van der Waals surface area contributed by atoms with E-state index in [1.165, 1.54) is 40.2 Å². The largest absolute Gasteiger partial charge is 0.337 e. The number of nitrogens with one attached hydrogen (secondary N) is 1. The van der Waals surface area contributed by atoms with Gasteiger partial charge in [-0.05, 0) is 49.4 Å². The van der Waals surface area contributed by atoms with Crippen LogP contribution in [0.15, 0.2) is 70.3 Å². The molecule has 2 aromatic carbocycles. The van der Waals surface area contributed by atoms with Gasteiger partial charge in [0, 0.05) is 10.6 Å². The van der Waals surface area contributed by atoms with Crippen LogP contribution in [-0.2, 0) is 11.3 Å². The van der Waals surface area contributed by atoms with Crippen LogP contribution in [0, 0.1) is 12.7 Å². The van der Waals surface area contributed by atoms with Crippen LogP contribution in [-0.4, -0.2) is 15.0 Å². The van der Waals surface area contributed by atoms with E-state index in [9.17, 15) is 18.8 Å². The van der Waals surface area contributed by atoms with Crippen molar-refractivity contribution in [3.63, 3.8) is 0 Å². The van der Waals surface area contributed by atoms with E-state index in [4.69, 9.17) is 0 Å². The molecule has 2 aromatic heterocycles. The first-order valence-electron chi connectivity index (χ1n) is 8.81. The quantitative estimate of drug-likeness (QED) is 0.562. The number of carbonyl (C=O) groups is 1. The molecular formula is C21H16FN3O3S. The minimum atomic E-state index is -0.593. The van der Waals surface area contributed by atoms with Crippen molar-refractivity contribution in [1.82, 2.24) is 9.13 Å². The van der Waals surface area contributed by atoms with E-state index in [2.05, 4.69) is 5.32 Å². The number of nitrogens with zero attached hydrogens (tertiary/aromatic N) is 2.